The topological polar surface area (TPSA) is 29.5 Å². The van der Waals surface area contributed by atoms with E-state index in [2.05, 4.69) is 33.8 Å². The Balaban J connectivity index is 1.82. The van der Waals surface area contributed by atoms with Crippen LogP contribution < -0.4 is 4.74 Å². The maximum absolute atomic E-state index is 10.9. The molecule has 25 heavy (non-hydrogen) atoms. The van der Waals surface area contributed by atoms with E-state index in [0.29, 0.717) is 22.5 Å². The van der Waals surface area contributed by atoms with Crippen molar-refractivity contribution in [3.8, 4) is 11.5 Å². The molecule has 2 fully saturated rings. The summed E-state index contributed by atoms with van der Waals surface area (Å²) in [5.74, 6) is 3.80. The maximum atomic E-state index is 10.9. The van der Waals surface area contributed by atoms with E-state index in [1.807, 2.05) is 17.8 Å². The van der Waals surface area contributed by atoms with Gasteiger partial charge in [0.1, 0.15) is 11.5 Å². The zero-order valence-corrected chi connectivity index (χ0v) is 17.1. The highest BCUT2D eigenvalue weighted by atomic mass is 32.2. The lowest BCUT2D eigenvalue weighted by Crippen LogP contribution is -2.58. The zero-order chi connectivity index (χ0) is 18.0. The molecule has 1 aliphatic heterocycles. The molecule has 1 N–H and O–H groups in total. The van der Waals surface area contributed by atoms with Crippen LogP contribution in [0.15, 0.2) is 17.0 Å². The van der Waals surface area contributed by atoms with Crippen LogP contribution in [0.2, 0.25) is 0 Å². The molecule has 1 aromatic rings. The van der Waals surface area contributed by atoms with E-state index < -0.39 is 0 Å². The molecule has 4 rings (SSSR count). The first-order valence-corrected chi connectivity index (χ1v) is 10.8. The largest absolute Gasteiger partial charge is 0.507 e. The van der Waals surface area contributed by atoms with Gasteiger partial charge in [0, 0.05) is 27.7 Å². The molecule has 1 aromatic carbocycles. The molecule has 138 valence electrons. The summed E-state index contributed by atoms with van der Waals surface area (Å²) in [5.41, 5.74) is 2.10. The van der Waals surface area contributed by atoms with E-state index in [-0.39, 0.29) is 5.41 Å². The number of hydrogen-bond acceptors (Lipinski definition) is 3. The van der Waals surface area contributed by atoms with E-state index in [1.54, 1.807) is 7.11 Å². The molecule has 0 radical (unpaired) electrons. The quantitative estimate of drug-likeness (QED) is 0.665. The van der Waals surface area contributed by atoms with Crippen molar-refractivity contribution in [3.05, 3.63) is 17.7 Å². The summed E-state index contributed by atoms with van der Waals surface area (Å²) in [6, 6.07) is 3.94. The summed E-state index contributed by atoms with van der Waals surface area (Å²) in [6.07, 6.45) is 6.52. The molecule has 0 aromatic heterocycles. The Morgan fingerprint density at radius 3 is 2.56 bits per heavy atom. The van der Waals surface area contributed by atoms with Crippen molar-refractivity contribution >= 4 is 11.8 Å². The highest BCUT2D eigenvalue weighted by molar-refractivity contribution is 7.99. The van der Waals surface area contributed by atoms with Crippen molar-refractivity contribution in [2.24, 2.45) is 22.7 Å². The Labute approximate surface area is 156 Å². The second-order valence-corrected chi connectivity index (χ2v) is 10.8. The van der Waals surface area contributed by atoms with Gasteiger partial charge in [-0.2, -0.15) is 0 Å². The SMILES string of the molecule is COc1cc(O)c2c(c1)SC[C@H]1[C@@]2(C)CCC2C(C)(C)CCC[C@@]21C. The maximum Gasteiger partial charge on any atom is 0.124 e. The van der Waals surface area contributed by atoms with Gasteiger partial charge in [-0.3, -0.25) is 0 Å². The minimum Gasteiger partial charge on any atom is -0.507 e. The summed E-state index contributed by atoms with van der Waals surface area (Å²) in [7, 11) is 1.68. The van der Waals surface area contributed by atoms with Crippen LogP contribution in [0.25, 0.3) is 0 Å². The Morgan fingerprint density at radius 1 is 1.08 bits per heavy atom. The van der Waals surface area contributed by atoms with Crippen LogP contribution in [0.4, 0.5) is 0 Å². The molecule has 0 spiro atoms. The Bertz CT molecular complexity index is 698. The number of phenols is 1. The minimum absolute atomic E-state index is 0.0790. The van der Waals surface area contributed by atoms with Crippen LogP contribution in [-0.2, 0) is 5.41 Å². The fraction of sp³-hybridized carbons (Fsp3) is 0.727. The van der Waals surface area contributed by atoms with Gasteiger partial charge in [0.15, 0.2) is 0 Å². The fourth-order valence-corrected chi connectivity index (χ4v) is 8.65. The third-order valence-electron chi connectivity index (χ3n) is 8.06. The molecule has 2 aliphatic carbocycles. The van der Waals surface area contributed by atoms with Gasteiger partial charge in [0.25, 0.3) is 0 Å². The molecule has 1 unspecified atom stereocenters. The molecule has 3 aliphatic rings. The first kappa shape index (κ1) is 17.6. The Morgan fingerprint density at radius 2 is 1.84 bits per heavy atom. The summed E-state index contributed by atoms with van der Waals surface area (Å²) >= 11 is 1.93. The van der Waals surface area contributed by atoms with Crippen molar-refractivity contribution in [1.82, 2.24) is 0 Å². The van der Waals surface area contributed by atoms with Crippen molar-refractivity contribution in [3.63, 3.8) is 0 Å². The first-order chi connectivity index (χ1) is 11.7. The average molecular weight is 361 g/mol. The summed E-state index contributed by atoms with van der Waals surface area (Å²) in [6.45, 7) is 9.96. The van der Waals surface area contributed by atoms with Crippen molar-refractivity contribution < 1.29 is 9.84 Å². The molecule has 4 atom stereocenters. The van der Waals surface area contributed by atoms with Gasteiger partial charge in [-0.15, -0.1) is 11.8 Å². The van der Waals surface area contributed by atoms with Crippen LogP contribution in [-0.4, -0.2) is 18.0 Å². The van der Waals surface area contributed by atoms with E-state index in [0.717, 1.165) is 11.7 Å². The summed E-state index contributed by atoms with van der Waals surface area (Å²) < 4.78 is 5.39. The minimum atomic E-state index is 0.0790. The van der Waals surface area contributed by atoms with Crippen LogP contribution >= 0.6 is 11.8 Å². The third-order valence-corrected chi connectivity index (χ3v) is 9.19. The van der Waals surface area contributed by atoms with Crippen LogP contribution in [0.1, 0.15) is 65.4 Å². The van der Waals surface area contributed by atoms with E-state index in [4.69, 9.17) is 4.74 Å². The smallest absolute Gasteiger partial charge is 0.124 e. The summed E-state index contributed by atoms with van der Waals surface area (Å²) in [4.78, 5) is 1.23. The van der Waals surface area contributed by atoms with E-state index in [1.165, 1.54) is 48.3 Å². The Hall–Kier alpha value is -0.830. The van der Waals surface area contributed by atoms with Crippen LogP contribution in [0.5, 0.6) is 11.5 Å². The van der Waals surface area contributed by atoms with Gasteiger partial charge >= 0.3 is 0 Å². The molecule has 0 bridgehead atoms. The van der Waals surface area contributed by atoms with Crippen LogP contribution in [0.3, 0.4) is 0 Å². The number of rotatable bonds is 1. The van der Waals surface area contributed by atoms with E-state index >= 15 is 0 Å². The second-order valence-electron chi connectivity index (χ2n) is 9.74. The van der Waals surface area contributed by atoms with Crippen molar-refractivity contribution in [2.45, 2.75) is 70.1 Å². The van der Waals surface area contributed by atoms with E-state index in [9.17, 15) is 5.11 Å². The lowest BCUT2D eigenvalue weighted by molar-refractivity contribution is -0.0976. The number of methoxy groups -OCH3 is 1. The predicted octanol–water partition coefficient (Wildman–Crippen LogP) is 6.01. The number of phenolic OH excluding ortho intramolecular Hbond substituents is 1. The normalized spacial score (nSPS) is 39.1. The van der Waals surface area contributed by atoms with Gasteiger partial charge < -0.3 is 9.84 Å². The van der Waals surface area contributed by atoms with Crippen LogP contribution in [0, 0.1) is 22.7 Å². The molecule has 1 heterocycles. The lowest BCUT2D eigenvalue weighted by atomic mass is 9.43. The standard InChI is InChI=1S/C22H32O2S/c1-20(2)8-6-9-21(3)17(20)7-10-22(4)18(21)13-25-16-12-14(24-5)11-15(23)19(16)22/h11-12,17-18,23H,6-10,13H2,1-5H3/t17?,18-,21+,22-/m1/s1. The van der Waals surface area contributed by atoms with Gasteiger partial charge in [-0.1, -0.05) is 34.1 Å². The fourth-order valence-electron chi connectivity index (χ4n) is 6.88. The number of ether oxygens (including phenoxy) is 1. The molecule has 2 saturated carbocycles. The van der Waals surface area contributed by atoms with Gasteiger partial charge in [-0.05, 0) is 54.4 Å². The average Bonchev–Trinajstić information content (AvgIpc) is 2.52. The van der Waals surface area contributed by atoms with Crippen molar-refractivity contribution in [1.29, 1.82) is 0 Å². The number of fused-ring (bicyclic) bond motifs is 5. The van der Waals surface area contributed by atoms with Crippen molar-refractivity contribution in [2.75, 3.05) is 12.9 Å². The molecular weight excluding hydrogens is 328 g/mol. The highest BCUT2D eigenvalue weighted by Gasteiger charge is 2.60. The number of aromatic hydroxyl groups is 1. The molecule has 2 nitrogen and oxygen atoms in total. The van der Waals surface area contributed by atoms with Gasteiger partial charge in [0.2, 0.25) is 0 Å². The Kier molecular flexibility index (Phi) is 3.92. The second kappa shape index (κ2) is 5.58. The number of thioether (sulfide) groups is 1. The highest BCUT2D eigenvalue weighted by Crippen LogP contribution is 2.68. The lowest BCUT2D eigenvalue weighted by Gasteiger charge is -2.64. The van der Waals surface area contributed by atoms with Gasteiger partial charge in [-0.25, -0.2) is 0 Å². The molecule has 0 saturated heterocycles. The molecule has 3 heteroatoms. The molecule has 0 amide bonds. The number of hydrogen-bond donors (Lipinski definition) is 1. The first-order valence-electron chi connectivity index (χ1n) is 9.77. The monoisotopic (exact) mass is 360 g/mol. The predicted molar refractivity (Wildman–Crippen MR) is 105 cm³/mol. The van der Waals surface area contributed by atoms with Gasteiger partial charge in [0.05, 0.1) is 7.11 Å². The third kappa shape index (κ3) is 2.37. The zero-order valence-electron chi connectivity index (χ0n) is 16.3. The number of benzene rings is 1. The molecular formula is C22H32O2S. The summed E-state index contributed by atoms with van der Waals surface area (Å²) in [5, 5.41) is 10.9.